The van der Waals surface area contributed by atoms with Crippen LogP contribution in [0.3, 0.4) is 0 Å². The Hall–Kier alpha value is -2.23. The lowest BCUT2D eigenvalue weighted by Gasteiger charge is -2.05. The molecule has 0 unspecified atom stereocenters. The fraction of sp³-hybridized carbons (Fsp3) is 0.143. The first kappa shape index (κ1) is 12.2. The number of rotatable bonds is 3. The summed E-state index contributed by atoms with van der Waals surface area (Å²) in [5, 5.41) is 0. The molecule has 0 aliphatic carbocycles. The maximum atomic E-state index is 13.0. The van der Waals surface area contributed by atoms with Crippen molar-refractivity contribution in [2.24, 2.45) is 0 Å². The third-order valence-electron chi connectivity index (χ3n) is 2.63. The molecule has 1 aromatic heterocycles. The second kappa shape index (κ2) is 4.96. The summed E-state index contributed by atoms with van der Waals surface area (Å²) < 4.78 is 14.0. The molecule has 0 saturated carbocycles. The van der Waals surface area contributed by atoms with E-state index in [1.165, 1.54) is 0 Å². The van der Waals surface area contributed by atoms with Gasteiger partial charge < -0.3 is 4.57 Å². The Balaban J connectivity index is 2.24. The molecular weight excluding hydrogens is 233 g/mol. The van der Waals surface area contributed by atoms with Crippen molar-refractivity contribution in [2.45, 2.75) is 13.5 Å². The summed E-state index contributed by atoms with van der Waals surface area (Å²) in [6.45, 7) is 1.77. The number of Topliss-reactive ketones (excluding diaryl/α,β-unsaturated/α-hetero) is 1. The molecule has 0 saturated heterocycles. The molecule has 0 aliphatic rings. The SMILES string of the molecule is Cc1ccc(C(=O)Cn2cc(F)ccc2=O)cc1. The van der Waals surface area contributed by atoms with Crippen LogP contribution < -0.4 is 5.56 Å². The minimum Gasteiger partial charge on any atom is -0.305 e. The monoisotopic (exact) mass is 245 g/mol. The first-order valence-electron chi connectivity index (χ1n) is 5.52. The van der Waals surface area contributed by atoms with Gasteiger partial charge >= 0.3 is 0 Å². The van der Waals surface area contributed by atoms with Gasteiger partial charge in [0.15, 0.2) is 5.78 Å². The maximum Gasteiger partial charge on any atom is 0.251 e. The van der Waals surface area contributed by atoms with Crippen LogP contribution in [-0.2, 0) is 6.54 Å². The number of carbonyl (C=O) groups is 1. The third-order valence-corrected chi connectivity index (χ3v) is 2.63. The van der Waals surface area contributed by atoms with E-state index < -0.39 is 11.4 Å². The molecule has 18 heavy (non-hydrogen) atoms. The zero-order valence-corrected chi connectivity index (χ0v) is 9.89. The van der Waals surface area contributed by atoms with Crippen LogP contribution in [0.2, 0.25) is 0 Å². The van der Waals surface area contributed by atoms with Gasteiger partial charge in [0.05, 0.1) is 6.54 Å². The molecule has 1 heterocycles. The van der Waals surface area contributed by atoms with Gasteiger partial charge in [0.1, 0.15) is 5.82 Å². The number of ketones is 1. The van der Waals surface area contributed by atoms with Gasteiger partial charge in [0.2, 0.25) is 0 Å². The van der Waals surface area contributed by atoms with Crippen LogP contribution >= 0.6 is 0 Å². The maximum absolute atomic E-state index is 13.0. The van der Waals surface area contributed by atoms with Crippen molar-refractivity contribution < 1.29 is 9.18 Å². The Bertz CT molecular complexity index is 629. The van der Waals surface area contributed by atoms with E-state index in [9.17, 15) is 14.0 Å². The number of hydrogen-bond donors (Lipinski definition) is 0. The van der Waals surface area contributed by atoms with E-state index in [0.717, 1.165) is 28.5 Å². The summed E-state index contributed by atoms with van der Waals surface area (Å²) >= 11 is 0. The molecule has 1 aromatic carbocycles. The highest BCUT2D eigenvalue weighted by Gasteiger charge is 2.08. The normalized spacial score (nSPS) is 10.3. The minimum atomic E-state index is -0.536. The van der Waals surface area contributed by atoms with Gasteiger partial charge in [-0.3, -0.25) is 9.59 Å². The van der Waals surface area contributed by atoms with E-state index in [4.69, 9.17) is 0 Å². The minimum absolute atomic E-state index is 0.153. The first-order chi connectivity index (χ1) is 8.56. The first-order valence-corrected chi connectivity index (χ1v) is 5.52. The lowest BCUT2D eigenvalue weighted by atomic mass is 10.1. The second-order valence-corrected chi connectivity index (χ2v) is 4.10. The van der Waals surface area contributed by atoms with Crippen LogP contribution in [0.15, 0.2) is 47.4 Å². The van der Waals surface area contributed by atoms with Crippen LogP contribution in [0.4, 0.5) is 4.39 Å². The van der Waals surface area contributed by atoms with Crippen molar-refractivity contribution in [3.8, 4) is 0 Å². The molecule has 0 aliphatic heterocycles. The topological polar surface area (TPSA) is 39.1 Å². The van der Waals surface area contributed by atoms with Crippen LogP contribution in [0.5, 0.6) is 0 Å². The van der Waals surface area contributed by atoms with Crippen molar-refractivity contribution in [2.75, 3.05) is 0 Å². The average molecular weight is 245 g/mol. The number of aromatic nitrogens is 1. The van der Waals surface area contributed by atoms with Gasteiger partial charge in [-0.05, 0) is 13.0 Å². The number of benzene rings is 1. The molecule has 2 rings (SSSR count). The molecule has 0 radical (unpaired) electrons. The standard InChI is InChI=1S/C14H12FNO2/c1-10-2-4-11(5-3-10)13(17)9-16-8-12(15)6-7-14(16)18/h2-8H,9H2,1H3. The summed E-state index contributed by atoms with van der Waals surface area (Å²) in [7, 11) is 0. The Morgan fingerprint density at radius 3 is 2.50 bits per heavy atom. The third kappa shape index (κ3) is 2.71. The molecule has 0 spiro atoms. The number of pyridine rings is 1. The van der Waals surface area contributed by atoms with Crippen LogP contribution in [0.1, 0.15) is 15.9 Å². The van der Waals surface area contributed by atoms with Crippen LogP contribution in [-0.4, -0.2) is 10.4 Å². The van der Waals surface area contributed by atoms with Crippen LogP contribution in [0.25, 0.3) is 0 Å². The van der Waals surface area contributed by atoms with Crippen molar-refractivity contribution >= 4 is 5.78 Å². The molecule has 92 valence electrons. The Morgan fingerprint density at radius 2 is 1.83 bits per heavy atom. The zero-order valence-electron chi connectivity index (χ0n) is 9.89. The summed E-state index contributed by atoms with van der Waals surface area (Å²) in [5.41, 5.74) is 1.17. The molecule has 0 fully saturated rings. The van der Waals surface area contributed by atoms with E-state index in [2.05, 4.69) is 0 Å². The lowest BCUT2D eigenvalue weighted by Crippen LogP contribution is -2.23. The predicted octanol–water partition coefficient (Wildman–Crippen LogP) is 2.18. The van der Waals surface area contributed by atoms with Gasteiger partial charge in [-0.25, -0.2) is 4.39 Å². The van der Waals surface area contributed by atoms with Gasteiger partial charge in [-0.2, -0.15) is 0 Å². The molecular formula is C14H12FNO2. The highest BCUT2D eigenvalue weighted by molar-refractivity contribution is 5.95. The molecule has 0 N–H and O–H groups in total. The van der Waals surface area contributed by atoms with Crippen molar-refractivity contribution in [1.82, 2.24) is 4.57 Å². The average Bonchev–Trinajstić information content (AvgIpc) is 2.34. The molecule has 3 nitrogen and oxygen atoms in total. The summed E-state index contributed by atoms with van der Waals surface area (Å²) in [5.74, 6) is -0.756. The van der Waals surface area contributed by atoms with E-state index >= 15 is 0 Å². The summed E-state index contributed by atoms with van der Waals surface area (Å²) in [4.78, 5) is 23.3. The summed E-state index contributed by atoms with van der Waals surface area (Å²) in [6, 6.07) is 9.22. The van der Waals surface area contributed by atoms with Gasteiger partial charge in [-0.15, -0.1) is 0 Å². The second-order valence-electron chi connectivity index (χ2n) is 4.10. The van der Waals surface area contributed by atoms with Gasteiger partial charge in [0.25, 0.3) is 5.56 Å². The Kier molecular flexibility index (Phi) is 3.37. The quantitative estimate of drug-likeness (QED) is 0.777. The number of aryl methyl sites for hydroxylation is 1. The number of halogens is 1. The number of hydrogen-bond acceptors (Lipinski definition) is 2. The highest BCUT2D eigenvalue weighted by Crippen LogP contribution is 2.05. The Labute approximate surface area is 104 Å². The molecule has 0 atom stereocenters. The zero-order chi connectivity index (χ0) is 13.1. The molecule has 0 amide bonds. The fourth-order valence-electron chi connectivity index (χ4n) is 1.61. The highest BCUT2D eigenvalue weighted by atomic mass is 19.1. The van der Waals surface area contributed by atoms with Gasteiger partial charge in [-0.1, -0.05) is 29.8 Å². The molecule has 4 heteroatoms. The predicted molar refractivity (Wildman–Crippen MR) is 66.2 cm³/mol. The number of nitrogens with zero attached hydrogens (tertiary/aromatic N) is 1. The Morgan fingerprint density at radius 1 is 1.17 bits per heavy atom. The van der Waals surface area contributed by atoms with Crippen molar-refractivity contribution in [3.05, 3.63) is 69.9 Å². The molecule has 2 aromatic rings. The van der Waals surface area contributed by atoms with E-state index in [0.29, 0.717) is 5.56 Å². The largest absolute Gasteiger partial charge is 0.305 e. The smallest absolute Gasteiger partial charge is 0.251 e. The molecule has 0 bridgehead atoms. The van der Waals surface area contributed by atoms with Crippen molar-refractivity contribution in [1.29, 1.82) is 0 Å². The van der Waals surface area contributed by atoms with E-state index in [1.54, 1.807) is 12.1 Å². The number of carbonyl (C=O) groups excluding carboxylic acids is 1. The lowest BCUT2D eigenvalue weighted by molar-refractivity contribution is 0.0970. The van der Waals surface area contributed by atoms with Crippen LogP contribution in [0, 0.1) is 12.7 Å². The summed E-state index contributed by atoms with van der Waals surface area (Å²) in [6.07, 6.45) is 1.04. The van der Waals surface area contributed by atoms with E-state index in [-0.39, 0.29) is 12.3 Å². The van der Waals surface area contributed by atoms with Gasteiger partial charge in [0, 0.05) is 17.8 Å². The van der Waals surface area contributed by atoms with E-state index in [1.807, 2.05) is 19.1 Å². The fourth-order valence-corrected chi connectivity index (χ4v) is 1.61. The van der Waals surface area contributed by atoms with Crippen molar-refractivity contribution in [3.63, 3.8) is 0 Å².